The first kappa shape index (κ1) is 13.6. The zero-order chi connectivity index (χ0) is 14.1. The first-order valence-corrected chi connectivity index (χ1v) is 7.87. The predicted octanol–water partition coefficient (Wildman–Crippen LogP) is 5.02. The Bertz CT molecular complexity index is 531. The molecule has 0 spiro atoms. The van der Waals surface area contributed by atoms with Crippen molar-refractivity contribution in [2.75, 3.05) is 0 Å². The zero-order valence-electron chi connectivity index (χ0n) is 12.1. The molecule has 1 aromatic carbocycles. The lowest BCUT2D eigenvalue weighted by molar-refractivity contribution is 0.124. The number of halogens is 1. The minimum Gasteiger partial charge on any atom is -0.206 e. The van der Waals surface area contributed by atoms with E-state index in [4.69, 9.17) is 5.26 Å². The molecule has 0 heterocycles. The summed E-state index contributed by atoms with van der Waals surface area (Å²) in [7, 11) is 0. The van der Waals surface area contributed by atoms with E-state index in [1.165, 1.54) is 38.5 Å². The Morgan fingerprint density at radius 3 is 2.60 bits per heavy atom. The molecule has 0 amide bonds. The second-order valence-corrected chi connectivity index (χ2v) is 6.80. The molecule has 0 N–H and O–H groups in total. The molecule has 2 saturated carbocycles. The summed E-state index contributed by atoms with van der Waals surface area (Å²) in [6.07, 6.45) is 7.78. The SMILES string of the molecule is C[C@@H]1CC[C@@H]2C[C@H](c3ccc(C#N)c(F)c3)CC[C@@H]2C1. The standard InChI is InChI=1S/C18H22FN/c1-12-2-3-14-9-15(5-4-13(14)8-12)16-6-7-17(11-20)18(19)10-16/h6-7,10,12-15H,2-5,8-9H2,1H3/t12-,13-,14-,15-/m1/s1. The summed E-state index contributed by atoms with van der Waals surface area (Å²) < 4.78 is 13.8. The predicted molar refractivity (Wildman–Crippen MR) is 77.7 cm³/mol. The van der Waals surface area contributed by atoms with Gasteiger partial charge in [0.15, 0.2) is 0 Å². The van der Waals surface area contributed by atoms with Crippen molar-refractivity contribution in [2.24, 2.45) is 17.8 Å². The van der Waals surface area contributed by atoms with Crippen LogP contribution in [-0.4, -0.2) is 0 Å². The quantitative estimate of drug-likeness (QED) is 0.703. The fourth-order valence-corrected chi connectivity index (χ4v) is 4.30. The molecule has 20 heavy (non-hydrogen) atoms. The van der Waals surface area contributed by atoms with Gasteiger partial charge < -0.3 is 0 Å². The summed E-state index contributed by atoms with van der Waals surface area (Å²) in [4.78, 5) is 0. The van der Waals surface area contributed by atoms with Crippen molar-refractivity contribution in [3.63, 3.8) is 0 Å². The summed E-state index contributed by atoms with van der Waals surface area (Å²) in [5.74, 6) is 2.76. The normalized spacial score (nSPS) is 33.2. The van der Waals surface area contributed by atoms with Crippen molar-refractivity contribution in [1.82, 2.24) is 0 Å². The summed E-state index contributed by atoms with van der Waals surface area (Å²) in [6.45, 7) is 2.37. The van der Waals surface area contributed by atoms with Crippen LogP contribution in [0, 0.1) is 34.9 Å². The lowest BCUT2D eigenvalue weighted by Crippen LogP contribution is -2.29. The maximum Gasteiger partial charge on any atom is 0.141 e. The minimum atomic E-state index is -0.357. The van der Waals surface area contributed by atoms with Crippen LogP contribution >= 0.6 is 0 Å². The van der Waals surface area contributed by atoms with E-state index in [-0.39, 0.29) is 11.4 Å². The Hall–Kier alpha value is -1.36. The topological polar surface area (TPSA) is 23.8 Å². The molecule has 4 atom stereocenters. The molecule has 106 valence electrons. The highest BCUT2D eigenvalue weighted by molar-refractivity contribution is 5.35. The van der Waals surface area contributed by atoms with Gasteiger partial charge in [0.2, 0.25) is 0 Å². The summed E-state index contributed by atoms with van der Waals surface area (Å²) in [5, 5.41) is 8.81. The van der Waals surface area contributed by atoms with Crippen molar-refractivity contribution >= 4 is 0 Å². The van der Waals surface area contributed by atoms with Crippen molar-refractivity contribution in [3.8, 4) is 6.07 Å². The van der Waals surface area contributed by atoms with Crippen molar-refractivity contribution in [3.05, 3.63) is 35.1 Å². The van der Waals surface area contributed by atoms with E-state index < -0.39 is 0 Å². The van der Waals surface area contributed by atoms with E-state index in [2.05, 4.69) is 6.92 Å². The van der Waals surface area contributed by atoms with Gasteiger partial charge in [-0.25, -0.2) is 4.39 Å². The average Bonchev–Trinajstić information content (AvgIpc) is 2.46. The number of nitriles is 1. The van der Waals surface area contributed by atoms with Gasteiger partial charge in [-0.3, -0.25) is 0 Å². The van der Waals surface area contributed by atoms with Crippen LogP contribution in [0.3, 0.4) is 0 Å². The molecule has 0 radical (unpaired) electrons. The van der Waals surface area contributed by atoms with Gasteiger partial charge in [0.05, 0.1) is 5.56 Å². The van der Waals surface area contributed by atoms with E-state index >= 15 is 0 Å². The number of hydrogen-bond donors (Lipinski definition) is 0. The Labute approximate surface area is 120 Å². The molecule has 3 rings (SSSR count). The van der Waals surface area contributed by atoms with Crippen LogP contribution in [0.4, 0.5) is 4.39 Å². The molecule has 0 bridgehead atoms. The van der Waals surface area contributed by atoms with Crippen LogP contribution in [0.25, 0.3) is 0 Å². The smallest absolute Gasteiger partial charge is 0.141 e. The number of nitrogens with zero attached hydrogens (tertiary/aromatic N) is 1. The number of hydrogen-bond acceptors (Lipinski definition) is 1. The van der Waals surface area contributed by atoms with Crippen molar-refractivity contribution in [1.29, 1.82) is 5.26 Å². The number of benzene rings is 1. The Morgan fingerprint density at radius 1 is 1.10 bits per heavy atom. The molecule has 0 unspecified atom stereocenters. The molecule has 0 aliphatic heterocycles. The summed E-state index contributed by atoms with van der Waals surface area (Å²) in [6, 6.07) is 7.09. The Kier molecular flexibility index (Phi) is 3.78. The van der Waals surface area contributed by atoms with Crippen molar-refractivity contribution < 1.29 is 4.39 Å². The summed E-state index contributed by atoms with van der Waals surface area (Å²) in [5.41, 5.74) is 1.26. The molecule has 2 heteroatoms. The molecule has 2 fully saturated rings. The van der Waals surface area contributed by atoms with Gasteiger partial charge in [-0.1, -0.05) is 19.4 Å². The highest BCUT2D eigenvalue weighted by Gasteiger charge is 2.34. The third-order valence-electron chi connectivity index (χ3n) is 5.46. The van der Waals surface area contributed by atoms with Gasteiger partial charge in [0.25, 0.3) is 0 Å². The second-order valence-electron chi connectivity index (χ2n) is 6.80. The average molecular weight is 271 g/mol. The molecular formula is C18H22FN. The maximum absolute atomic E-state index is 13.8. The highest BCUT2D eigenvalue weighted by atomic mass is 19.1. The van der Waals surface area contributed by atoms with E-state index in [1.54, 1.807) is 12.1 Å². The van der Waals surface area contributed by atoms with Gasteiger partial charge in [-0.05, 0) is 73.5 Å². The third-order valence-corrected chi connectivity index (χ3v) is 5.46. The van der Waals surface area contributed by atoms with Gasteiger partial charge in [0, 0.05) is 0 Å². The molecule has 1 aromatic rings. The van der Waals surface area contributed by atoms with E-state index in [9.17, 15) is 4.39 Å². The minimum absolute atomic E-state index is 0.161. The largest absolute Gasteiger partial charge is 0.206 e. The lowest BCUT2D eigenvalue weighted by Gasteiger charge is -2.41. The number of fused-ring (bicyclic) bond motifs is 1. The van der Waals surface area contributed by atoms with Crippen LogP contribution < -0.4 is 0 Å². The fraction of sp³-hybridized carbons (Fsp3) is 0.611. The van der Waals surface area contributed by atoms with E-state index in [1.807, 2.05) is 12.1 Å². The van der Waals surface area contributed by atoms with Crippen molar-refractivity contribution in [2.45, 2.75) is 51.4 Å². The molecule has 1 nitrogen and oxygen atoms in total. The highest BCUT2D eigenvalue weighted by Crippen LogP contribution is 2.47. The first-order chi connectivity index (χ1) is 9.67. The van der Waals surface area contributed by atoms with E-state index in [0.29, 0.717) is 5.92 Å². The van der Waals surface area contributed by atoms with E-state index in [0.717, 1.165) is 23.3 Å². The summed E-state index contributed by atoms with van der Waals surface area (Å²) >= 11 is 0. The Morgan fingerprint density at radius 2 is 1.85 bits per heavy atom. The molecule has 2 aliphatic rings. The zero-order valence-corrected chi connectivity index (χ0v) is 12.1. The second kappa shape index (κ2) is 5.56. The Balaban J connectivity index is 1.73. The van der Waals surface area contributed by atoms with Crippen LogP contribution in [0.15, 0.2) is 18.2 Å². The third kappa shape index (κ3) is 2.59. The van der Waals surface area contributed by atoms with Gasteiger partial charge >= 0.3 is 0 Å². The molecule has 2 aliphatic carbocycles. The first-order valence-electron chi connectivity index (χ1n) is 7.87. The van der Waals surface area contributed by atoms with Crippen LogP contribution in [-0.2, 0) is 0 Å². The van der Waals surface area contributed by atoms with Crippen LogP contribution in [0.1, 0.15) is 62.5 Å². The van der Waals surface area contributed by atoms with Gasteiger partial charge in [-0.15, -0.1) is 0 Å². The van der Waals surface area contributed by atoms with Crippen LogP contribution in [0.5, 0.6) is 0 Å². The van der Waals surface area contributed by atoms with Crippen LogP contribution in [0.2, 0.25) is 0 Å². The van der Waals surface area contributed by atoms with Gasteiger partial charge in [-0.2, -0.15) is 5.26 Å². The monoisotopic (exact) mass is 271 g/mol. The number of rotatable bonds is 1. The lowest BCUT2D eigenvalue weighted by atomic mass is 9.64. The van der Waals surface area contributed by atoms with Gasteiger partial charge in [0.1, 0.15) is 11.9 Å². The molecule has 0 saturated heterocycles. The fourth-order valence-electron chi connectivity index (χ4n) is 4.30. The molecular weight excluding hydrogens is 249 g/mol. The molecule has 0 aromatic heterocycles. The maximum atomic E-state index is 13.8.